The number of carbonyl (C=O) groups excluding carboxylic acids is 1. The molecule has 1 heterocycles. The molecule has 1 aliphatic heterocycles. The van der Waals surface area contributed by atoms with E-state index in [1.165, 1.54) is 12.1 Å². The third-order valence-corrected chi connectivity index (χ3v) is 6.73. The molecule has 5 heteroatoms. The number of rotatable bonds is 8. The molecule has 0 spiro atoms. The Morgan fingerprint density at radius 1 is 0.889 bits per heavy atom. The highest BCUT2D eigenvalue weighted by atomic mass is 19.1. The van der Waals surface area contributed by atoms with Gasteiger partial charge in [0.25, 0.3) is 0 Å². The molecule has 36 heavy (non-hydrogen) atoms. The Hall–Kier alpha value is -3.96. The summed E-state index contributed by atoms with van der Waals surface area (Å²) in [5, 5.41) is 3.53. The van der Waals surface area contributed by atoms with E-state index in [0.717, 1.165) is 40.2 Å². The molecule has 182 valence electrons. The zero-order valence-corrected chi connectivity index (χ0v) is 20.2. The zero-order valence-electron chi connectivity index (χ0n) is 20.2. The van der Waals surface area contributed by atoms with E-state index in [0.29, 0.717) is 25.1 Å². The van der Waals surface area contributed by atoms with Crippen LogP contribution in [0.25, 0.3) is 0 Å². The Bertz CT molecular complexity index is 1340. The van der Waals surface area contributed by atoms with Crippen LogP contribution in [0.2, 0.25) is 0 Å². The van der Waals surface area contributed by atoms with E-state index in [1.54, 1.807) is 19.2 Å². The lowest BCUT2D eigenvalue weighted by atomic mass is 9.73. The molecule has 1 atom stereocenters. The summed E-state index contributed by atoms with van der Waals surface area (Å²) in [5.41, 5.74) is 3.58. The van der Waals surface area contributed by atoms with Gasteiger partial charge in [-0.3, -0.25) is 4.79 Å². The van der Waals surface area contributed by atoms with E-state index in [-0.39, 0.29) is 11.6 Å². The van der Waals surface area contributed by atoms with Crippen molar-refractivity contribution >= 4 is 5.78 Å². The van der Waals surface area contributed by atoms with E-state index < -0.39 is 5.54 Å². The van der Waals surface area contributed by atoms with Gasteiger partial charge in [-0.25, -0.2) is 4.39 Å². The van der Waals surface area contributed by atoms with Crippen molar-refractivity contribution < 1.29 is 18.7 Å². The minimum absolute atomic E-state index is 0.0852. The van der Waals surface area contributed by atoms with Crippen LogP contribution < -0.4 is 14.8 Å². The third kappa shape index (κ3) is 4.88. The van der Waals surface area contributed by atoms with Crippen molar-refractivity contribution in [3.8, 4) is 11.5 Å². The largest absolute Gasteiger partial charge is 0.497 e. The lowest BCUT2D eigenvalue weighted by Gasteiger charge is -2.39. The molecule has 1 N–H and O–H groups in total. The molecule has 5 rings (SSSR count). The summed E-state index contributed by atoms with van der Waals surface area (Å²) in [6, 6.07) is 29.5. The average Bonchev–Trinajstić information content (AvgIpc) is 2.93. The van der Waals surface area contributed by atoms with Gasteiger partial charge in [0.05, 0.1) is 7.11 Å². The number of nitrogens with one attached hydrogen (secondary N) is 1. The number of benzene rings is 4. The van der Waals surface area contributed by atoms with E-state index in [1.807, 2.05) is 72.8 Å². The minimum atomic E-state index is -0.982. The molecule has 0 fully saturated rings. The lowest BCUT2D eigenvalue weighted by Crippen LogP contribution is -2.54. The van der Waals surface area contributed by atoms with Crippen LogP contribution in [0.4, 0.5) is 4.39 Å². The first-order valence-electron chi connectivity index (χ1n) is 12.1. The van der Waals surface area contributed by atoms with Crippen molar-refractivity contribution in [2.45, 2.75) is 25.0 Å². The van der Waals surface area contributed by atoms with Gasteiger partial charge < -0.3 is 14.8 Å². The maximum Gasteiger partial charge on any atom is 0.187 e. The van der Waals surface area contributed by atoms with E-state index in [9.17, 15) is 9.18 Å². The molecule has 0 saturated heterocycles. The summed E-state index contributed by atoms with van der Waals surface area (Å²) in [7, 11) is 1.64. The van der Waals surface area contributed by atoms with Crippen LogP contribution in [-0.4, -0.2) is 19.4 Å². The Labute approximate surface area is 210 Å². The van der Waals surface area contributed by atoms with Gasteiger partial charge in [0.15, 0.2) is 5.78 Å². The van der Waals surface area contributed by atoms with Gasteiger partial charge in [0.1, 0.15) is 29.5 Å². The van der Waals surface area contributed by atoms with Gasteiger partial charge in [-0.15, -0.1) is 0 Å². The van der Waals surface area contributed by atoms with Gasteiger partial charge in [-0.05, 0) is 77.2 Å². The molecular formula is C31H28FNO3. The van der Waals surface area contributed by atoms with Crippen LogP contribution in [0.1, 0.15) is 32.6 Å². The molecule has 0 aromatic heterocycles. The standard InChI is InChI=1S/C31H28FNO3/c1-35-28-15-16-29-25(19-28)17-18-33-31(29,30(34)24-9-11-26(32)12-10-24)20-22-7-13-27(14-8-22)36-21-23-5-3-2-4-6-23/h2-16,19,33H,17-18,20-21H2,1H3. The highest BCUT2D eigenvalue weighted by molar-refractivity contribution is 6.04. The van der Waals surface area contributed by atoms with E-state index in [4.69, 9.17) is 9.47 Å². The van der Waals surface area contributed by atoms with Gasteiger partial charge >= 0.3 is 0 Å². The molecule has 0 radical (unpaired) electrons. The number of halogens is 1. The fourth-order valence-corrected chi connectivity index (χ4v) is 4.86. The molecule has 4 aromatic carbocycles. The first kappa shape index (κ1) is 23.8. The number of fused-ring (bicyclic) bond motifs is 1. The summed E-state index contributed by atoms with van der Waals surface area (Å²) < 4.78 is 25.0. The highest BCUT2D eigenvalue weighted by Crippen LogP contribution is 2.37. The predicted molar refractivity (Wildman–Crippen MR) is 138 cm³/mol. The summed E-state index contributed by atoms with van der Waals surface area (Å²) >= 11 is 0. The summed E-state index contributed by atoms with van der Waals surface area (Å²) in [4.78, 5) is 14.0. The topological polar surface area (TPSA) is 47.6 Å². The van der Waals surface area contributed by atoms with Crippen molar-refractivity contribution in [1.29, 1.82) is 0 Å². The van der Waals surface area contributed by atoms with Gasteiger partial charge in [0.2, 0.25) is 0 Å². The number of hydrogen-bond acceptors (Lipinski definition) is 4. The minimum Gasteiger partial charge on any atom is -0.497 e. The van der Waals surface area contributed by atoms with Crippen molar-refractivity contribution in [2.24, 2.45) is 0 Å². The maximum absolute atomic E-state index is 14.0. The van der Waals surface area contributed by atoms with Crippen LogP contribution >= 0.6 is 0 Å². The average molecular weight is 482 g/mol. The number of hydrogen-bond donors (Lipinski definition) is 1. The summed E-state index contributed by atoms with van der Waals surface area (Å²) in [6.07, 6.45) is 1.23. The van der Waals surface area contributed by atoms with Crippen LogP contribution in [0, 0.1) is 5.82 Å². The molecule has 4 nitrogen and oxygen atoms in total. The van der Waals surface area contributed by atoms with Gasteiger partial charge in [0, 0.05) is 18.5 Å². The number of ketones is 1. The first-order chi connectivity index (χ1) is 17.6. The number of methoxy groups -OCH3 is 1. The Kier molecular flexibility index (Phi) is 6.83. The second-order valence-electron chi connectivity index (χ2n) is 9.04. The second-order valence-corrected chi connectivity index (χ2v) is 9.04. The van der Waals surface area contributed by atoms with Crippen molar-refractivity contribution in [1.82, 2.24) is 5.32 Å². The fourth-order valence-electron chi connectivity index (χ4n) is 4.86. The van der Waals surface area contributed by atoms with Crippen LogP contribution in [-0.2, 0) is 25.0 Å². The van der Waals surface area contributed by atoms with E-state index >= 15 is 0 Å². The molecule has 0 aliphatic carbocycles. The van der Waals surface area contributed by atoms with Crippen LogP contribution in [0.3, 0.4) is 0 Å². The summed E-state index contributed by atoms with van der Waals surface area (Å²) in [5.74, 6) is 1.08. The monoisotopic (exact) mass is 481 g/mol. The van der Waals surface area contributed by atoms with Crippen LogP contribution in [0.15, 0.2) is 97.1 Å². The maximum atomic E-state index is 14.0. The van der Waals surface area contributed by atoms with Crippen molar-refractivity contribution in [3.63, 3.8) is 0 Å². The van der Waals surface area contributed by atoms with Gasteiger partial charge in [-0.1, -0.05) is 48.5 Å². The Morgan fingerprint density at radius 3 is 2.33 bits per heavy atom. The second kappa shape index (κ2) is 10.3. The normalized spacial score (nSPS) is 16.7. The van der Waals surface area contributed by atoms with Gasteiger partial charge in [-0.2, -0.15) is 0 Å². The molecule has 1 aliphatic rings. The SMILES string of the molecule is COc1ccc2c(c1)CCNC2(Cc1ccc(OCc2ccccc2)cc1)C(=O)c1ccc(F)cc1. The molecule has 0 bridgehead atoms. The number of carbonyl (C=O) groups is 1. The zero-order chi connectivity index (χ0) is 25.0. The summed E-state index contributed by atoms with van der Waals surface area (Å²) in [6.45, 7) is 1.13. The highest BCUT2D eigenvalue weighted by Gasteiger charge is 2.43. The Morgan fingerprint density at radius 2 is 1.61 bits per heavy atom. The smallest absolute Gasteiger partial charge is 0.187 e. The van der Waals surface area contributed by atoms with Crippen LogP contribution in [0.5, 0.6) is 11.5 Å². The predicted octanol–water partition coefficient (Wildman–Crippen LogP) is 5.88. The number of Topliss-reactive ketones (excluding diaryl/α,β-unsaturated/α-hetero) is 1. The number of ether oxygens (including phenoxy) is 2. The fraction of sp³-hybridized carbons (Fsp3) is 0.194. The van der Waals surface area contributed by atoms with Crippen molar-refractivity contribution in [2.75, 3.05) is 13.7 Å². The quantitative estimate of drug-likeness (QED) is 0.319. The molecule has 1 unspecified atom stereocenters. The van der Waals surface area contributed by atoms with E-state index in [2.05, 4.69) is 5.32 Å². The molecule has 0 amide bonds. The first-order valence-corrected chi connectivity index (χ1v) is 12.1. The Balaban J connectivity index is 1.46. The van der Waals surface area contributed by atoms with Crippen molar-refractivity contribution in [3.05, 3.63) is 131 Å². The molecular weight excluding hydrogens is 453 g/mol. The molecule has 4 aromatic rings. The lowest BCUT2D eigenvalue weighted by molar-refractivity contribution is 0.0836. The molecule has 0 saturated carbocycles. The third-order valence-electron chi connectivity index (χ3n) is 6.73.